The van der Waals surface area contributed by atoms with Gasteiger partial charge < -0.3 is 9.72 Å². The first kappa shape index (κ1) is 15.0. The Morgan fingerprint density at radius 3 is 2.96 bits per heavy atom. The number of fused-ring (bicyclic) bond motifs is 2. The molecule has 0 aliphatic heterocycles. The first-order chi connectivity index (χ1) is 12.3. The summed E-state index contributed by atoms with van der Waals surface area (Å²) in [5.41, 5.74) is 3.43. The van der Waals surface area contributed by atoms with Gasteiger partial charge in [-0.15, -0.1) is 0 Å². The van der Waals surface area contributed by atoms with Crippen LogP contribution in [0.5, 0.6) is 5.75 Å². The van der Waals surface area contributed by atoms with Crippen LogP contribution in [0.25, 0.3) is 33.3 Å². The van der Waals surface area contributed by atoms with Crippen LogP contribution < -0.4 is 4.74 Å². The summed E-state index contributed by atoms with van der Waals surface area (Å²) >= 11 is 0. The number of nitrogens with zero attached hydrogens (tertiary/aromatic N) is 2. The molecule has 0 fully saturated rings. The zero-order chi connectivity index (χ0) is 17.2. The fourth-order valence-corrected chi connectivity index (χ4v) is 3.05. The molecule has 0 saturated carbocycles. The van der Waals surface area contributed by atoms with Crippen LogP contribution in [0.2, 0.25) is 0 Å². The van der Waals surface area contributed by atoms with Crippen molar-refractivity contribution >= 4 is 33.3 Å². The quantitative estimate of drug-likeness (QED) is 0.551. The van der Waals surface area contributed by atoms with Crippen molar-refractivity contribution in [3.8, 4) is 11.8 Å². The molecule has 4 aromatic rings. The SMILES string of the molecule is COc1ccc2[nH]cc(/C(C#N)=C/c3cccc4cnccc34)c2c1. The van der Waals surface area contributed by atoms with Crippen molar-refractivity contribution in [3.05, 3.63) is 72.2 Å². The maximum absolute atomic E-state index is 9.74. The van der Waals surface area contributed by atoms with Gasteiger partial charge in [0.15, 0.2) is 0 Å². The first-order valence-corrected chi connectivity index (χ1v) is 7.90. The Morgan fingerprint density at radius 1 is 1.20 bits per heavy atom. The summed E-state index contributed by atoms with van der Waals surface area (Å²) in [7, 11) is 1.64. The molecular weight excluding hydrogens is 310 g/mol. The lowest BCUT2D eigenvalue weighted by Gasteiger charge is -2.04. The van der Waals surface area contributed by atoms with E-state index >= 15 is 0 Å². The summed E-state index contributed by atoms with van der Waals surface area (Å²) in [5.74, 6) is 0.766. The Kier molecular flexibility index (Phi) is 3.68. The van der Waals surface area contributed by atoms with Crippen molar-refractivity contribution in [1.82, 2.24) is 9.97 Å². The third kappa shape index (κ3) is 2.62. The van der Waals surface area contributed by atoms with Crippen molar-refractivity contribution in [1.29, 1.82) is 5.26 Å². The molecule has 0 saturated heterocycles. The van der Waals surface area contributed by atoms with Crippen LogP contribution in [0.1, 0.15) is 11.1 Å². The van der Waals surface area contributed by atoms with Crippen molar-refractivity contribution in [2.24, 2.45) is 0 Å². The molecule has 4 nitrogen and oxygen atoms in total. The molecule has 4 heteroatoms. The fourth-order valence-electron chi connectivity index (χ4n) is 3.05. The molecule has 0 spiro atoms. The van der Waals surface area contributed by atoms with E-state index in [-0.39, 0.29) is 0 Å². The first-order valence-electron chi connectivity index (χ1n) is 7.90. The van der Waals surface area contributed by atoms with E-state index in [9.17, 15) is 5.26 Å². The van der Waals surface area contributed by atoms with Crippen LogP contribution in [0.3, 0.4) is 0 Å². The monoisotopic (exact) mass is 325 g/mol. The molecule has 0 aliphatic rings. The number of rotatable bonds is 3. The Hall–Kier alpha value is -3.58. The number of nitrogens with one attached hydrogen (secondary N) is 1. The van der Waals surface area contributed by atoms with Gasteiger partial charge in [-0.25, -0.2) is 0 Å². The normalized spacial score (nSPS) is 11.6. The molecule has 0 unspecified atom stereocenters. The predicted molar refractivity (Wildman–Crippen MR) is 100 cm³/mol. The Balaban J connectivity index is 1.91. The number of allylic oxidation sites excluding steroid dienone is 1. The molecule has 2 heterocycles. The van der Waals surface area contributed by atoms with Gasteiger partial charge >= 0.3 is 0 Å². The second kappa shape index (κ2) is 6.14. The van der Waals surface area contributed by atoms with E-state index in [1.165, 1.54) is 0 Å². The number of H-pyrrole nitrogens is 1. The van der Waals surface area contributed by atoms with Crippen molar-refractivity contribution in [2.75, 3.05) is 7.11 Å². The van der Waals surface area contributed by atoms with Gasteiger partial charge in [-0.2, -0.15) is 5.26 Å². The lowest BCUT2D eigenvalue weighted by molar-refractivity contribution is 0.415. The van der Waals surface area contributed by atoms with E-state index in [4.69, 9.17) is 4.74 Å². The molecule has 0 radical (unpaired) electrons. The van der Waals surface area contributed by atoms with E-state index < -0.39 is 0 Å². The van der Waals surface area contributed by atoms with Gasteiger partial charge in [-0.1, -0.05) is 18.2 Å². The number of hydrogen-bond acceptors (Lipinski definition) is 3. The van der Waals surface area contributed by atoms with Crippen LogP contribution in [0.4, 0.5) is 0 Å². The highest BCUT2D eigenvalue weighted by Crippen LogP contribution is 2.30. The highest BCUT2D eigenvalue weighted by atomic mass is 16.5. The van der Waals surface area contributed by atoms with E-state index in [1.54, 1.807) is 13.3 Å². The lowest BCUT2D eigenvalue weighted by Crippen LogP contribution is -1.85. The summed E-state index contributed by atoms with van der Waals surface area (Å²) in [5, 5.41) is 12.8. The molecule has 0 atom stereocenters. The van der Waals surface area contributed by atoms with Crippen molar-refractivity contribution in [3.63, 3.8) is 0 Å². The van der Waals surface area contributed by atoms with E-state index in [2.05, 4.69) is 16.0 Å². The number of pyridine rings is 1. The molecule has 0 bridgehead atoms. The highest BCUT2D eigenvalue weighted by Gasteiger charge is 2.10. The molecular formula is C21H15N3O. The van der Waals surface area contributed by atoms with Crippen molar-refractivity contribution < 1.29 is 4.74 Å². The molecule has 25 heavy (non-hydrogen) atoms. The van der Waals surface area contributed by atoms with Gasteiger partial charge in [0.25, 0.3) is 0 Å². The van der Waals surface area contributed by atoms with Crippen LogP contribution in [-0.4, -0.2) is 17.1 Å². The van der Waals surface area contributed by atoms with Crippen LogP contribution in [-0.2, 0) is 0 Å². The molecule has 4 rings (SSSR count). The summed E-state index contributed by atoms with van der Waals surface area (Å²) in [6.07, 6.45) is 7.38. The third-order valence-corrected chi connectivity index (χ3v) is 4.31. The Morgan fingerprint density at radius 2 is 2.12 bits per heavy atom. The van der Waals surface area contributed by atoms with Crippen LogP contribution >= 0.6 is 0 Å². The zero-order valence-corrected chi connectivity index (χ0v) is 13.7. The summed E-state index contributed by atoms with van der Waals surface area (Å²) in [4.78, 5) is 7.38. The highest BCUT2D eigenvalue weighted by molar-refractivity contribution is 6.04. The maximum Gasteiger partial charge on any atom is 0.119 e. The molecule has 120 valence electrons. The van der Waals surface area contributed by atoms with Gasteiger partial charge in [-0.3, -0.25) is 4.98 Å². The molecule has 2 aromatic heterocycles. The van der Waals surface area contributed by atoms with Crippen LogP contribution in [0, 0.1) is 11.3 Å². The minimum atomic E-state index is 0.601. The number of methoxy groups -OCH3 is 1. The average Bonchev–Trinajstić information content (AvgIpc) is 3.09. The Bertz CT molecular complexity index is 1140. The minimum Gasteiger partial charge on any atom is -0.497 e. The Labute approximate surface area is 145 Å². The summed E-state index contributed by atoms with van der Waals surface area (Å²) < 4.78 is 5.31. The smallest absolute Gasteiger partial charge is 0.119 e. The lowest BCUT2D eigenvalue weighted by atomic mass is 10.00. The largest absolute Gasteiger partial charge is 0.497 e. The fraction of sp³-hybridized carbons (Fsp3) is 0.0476. The molecule has 0 amide bonds. The van der Waals surface area contributed by atoms with Crippen molar-refractivity contribution in [2.45, 2.75) is 0 Å². The van der Waals surface area contributed by atoms with Gasteiger partial charge in [0.2, 0.25) is 0 Å². The molecule has 1 N–H and O–H groups in total. The number of hydrogen-bond donors (Lipinski definition) is 1. The molecule has 2 aromatic carbocycles. The topological polar surface area (TPSA) is 61.7 Å². The number of aromatic amines is 1. The van der Waals surface area contributed by atoms with Gasteiger partial charge in [0, 0.05) is 40.4 Å². The number of aromatic nitrogens is 2. The van der Waals surface area contributed by atoms with Crippen LogP contribution in [0.15, 0.2) is 61.1 Å². The second-order valence-electron chi connectivity index (χ2n) is 5.73. The predicted octanol–water partition coefficient (Wildman–Crippen LogP) is 4.79. The standard InChI is InChI=1S/C21H15N3O/c1-25-17-5-6-21-19(10-17)20(13-24-21)16(11-22)9-14-3-2-4-15-12-23-8-7-18(14)15/h2-10,12-13,24H,1H3/b16-9+. The third-order valence-electron chi connectivity index (χ3n) is 4.31. The summed E-state index contributed by atoms with van der Waals surface area (Å²) in [6.45, 7) is 0. The minimum absolute atomic E-state index is 0.601. The van der Waals surface area contributed by atoms with Gasteiger partial charge in [0.1, 0.15) is 5.75 Å². The van der Waals surface area contributed by atoms with Gasteiger partial charge in [-0.05, 0) is 41.3 Å². The molecule has 0 aliphatic carbocycles. The number of ether oxygens (including phenoxy) is 1. The van der Waals surface area contributed by atoms with E-state index in [0.29, 0.717) is 5.57 Å². The average molecular weight is 325 g/mol. The number of nitriles is 1. The van der Waals surface area contributed by atoms with E-state index in [0.717, 1.165) is 38.6 Å². The maximum atomic E-state index is 9.74. The van der Waals surface area contributed by atoms with E-state index in [1.807, 2.05) is 60.9 Å². The van der Waals surface area contributed by atoms with Gasteiger partial charge in [0.05, 0.1) is 18.8 Å². The number of benzene rings is 2. The summed E-state index contributed by atoms with van der Waals surface area (Å²) in [6, 6.07) is 16.1. The zero-order valence-electron chi connectivity index (χ0n) is 13.7. The second-order valence-corrected chi connectivity index (χ2v) is 5.73.